The summed E-state index contributed by atoms with van der Waals surface area (Å²) in [5, 5.41) is 15.1. The highest BCUT2D eigenvalue weighted by Crippen LogP contribution is 2.27. The van der Waals surface area contributed by atoms with Crippen LogP contribution in [0.2, 0.25) is 0 Å². The van der Waals surface area contributed by atoms with Crippen molar-refractivity contribution in [3.05, 3.63) is 51.9 Å². The molecule has 4 rings (SSSR count). The number of para-hydroxylation sites is 1. The van der Waals surface area contributed by atoms with E-state index in [1.54, 1.807) is 31.2 Å². The Labute approximate surface area is 139 Å². The van der Waals surface area contributed by atoms with E-state index in [1.807, 2.05) is 0 Å². The van der Waals surface area contributed by atoms with E-state index < -0.39 is 5.91 Å². The number of carbonyl (C=O) groups excluding carboxylic acids is 1. The number of hydrogen-bond acceptors (Lipinski definition) is 6. The number of hydrogen-bond donors (Lipinski definition) is 1. The third-order valence-electron chi connectivity index (χ3n) is 3.56. The summed E-state index contributed by atoms with van der Waals surface area (Å²) in [7, 11) is 0. The normalized spacial score (nSPS) is 18.9. The van der Waals surface area contributed by atoms with E-state index in [2.05, 4.69) is 10.1 Å². The fourth-order valence-electron chi connectivity index (χ4n) is 2.44. The first-order chi connectivity index (χ1) is 11.5. The summed E-state index contributed by atoms with van der Waals surface area (Å²) in [6, 6.07) is 6.85. The molecule has 0 bridgehead atoms. The zero-order valence-corrected chi connectivity index (χ0v) is 13.3. The number of nitrogens with one attached hydrogen (secondary N) is 1. The minimum Gasteiger partial charge on any atom is -0.463 e. The first-order valence-corrected chi connectivity index (χ1v) is 7.83. The van der Waals surface area contributed by atoms with Crippen LogP contribution in [0, 0.1) is 5.41 Å². The molecule has 0 aliphatic carbocycles. The van der Waals surface area contributed by atoms with Gasteiger partial charge in [0.2, 0.25) is 5.17 Å². The second-order valence-corrected chi connectivity index (χ2v) is 6.32. The van der Waals surface area contributed by atoms with Crippen LogP contribution in [0.25, 0.3) is 17.0 Å². The number of carbonyl (C=O) groups is 1. The molecular formula is C16H10N4O3S. The summed E-state index contributed by atoms with van der Waals surface area (Å²) in [4.78, 5) is 28.7. The van der Waals surface area contributed by atoms with Gasteiger partial charge in [-0.2, -0.15) is 15.1 Å². The van der Waals surface area contributed by atoms with Gasteiger partial charge < -0.3 is 4.42 Å². The Morgan fingerprint density at radius 1 is 1.29 bits per heavy atom. The van der Waals surface area contributed by atoms with Crippen molar-refractivity contribution < 1.29 is 9.21 Å². The van der Waals surface area contributed by atoms with Gasteiger partial charge in [0.05, 0.1) is 21.6 Å². The minimum atomic E-state index is -0.573. The fourth-order valence-corrected chi connectivity index (χ4v) is 3.17. The molecule has 0 unspecified atom stereocenters. The Hall–Kier alpha value is -3.00. The van der Waals surface area contributed by atoms with Gasteiger partial charge in [0.1, 0.15) is 11.8 Å². The highest BCUT2D eigenvalue weighted by atomic mass is 32.2. The Morgan fingerprint density at radius 3 is 2.92 bits per heavy atom. The van der Waals surface area contributed by atoms with Crippen molar-refractivity contribution in [1.82, 2.24) is 5.01 Å². The molecule has 2 aliphatic heterocycles. The molecule has 3 heterocycles. The molecule has 7 nitrogen and oxygen atoms in total. The van der Waals surface area contributed by atoms with Crippen molar-refractivity contribution in [3.63, 3.8) is 0 Å². The molecule has 0 saturated heterocycles. The van der Waals surface area contributed by atoms with Crippen molar-refractivity contribution in [2.45, 2.75) is 6.92 Å². The van der Waals surface area contributed by atoms with Crippen LogP contribution in [0.1, 0.15) is 12.5 Å². The van der Waals surface area contributed by atoms with Crippen LogP contribution in [0.4, 0.5) is 0 Å². The largest absolute Gasteiger partial charge is 0.463 e. The zero-order valence-electron chi connectivity index (χ0n) is 12.4. The SMILES string of the molecule is CC1=NN2C(=N)/C(=C\c3coc4ccccc4c3=O)C(=O)N=C2S1. The second kappa shape index (κ2) is 5.27. The number of nitrogens with zero attached hydrogens (tertiary/aromatic N) is 3. The first-order valence-electron chi connectivity index (χ1n) is 7.02. The van der Waals surface area contributed by atoms with E-state index in [4.69, 9.17) is 9.83 Å². The predicted molar refractivity (Wildman–Crippen MR) is 93.2 cm³/mol. The lowest BCUT2D eigenvalue weighted by Crippen LogP contribution is -2.35. The van der Waals surface area contributed by atoms with Gasteiger partial charge in [-0.25, -0.2) is 0 Å². The second-order valence-electron chi connectivity index (χ2n) is 5.16. The van der Waals surface area contributed by atoms with Gasteiger partial charge in [-0.15, -0.1) is 0 Å². The molecule has 0 fully saturated rings. The van der Waals surface area contributed by atoms with E-state index in [1.165, 1.54) is 29.1 Å². The number of thioether (sulfide) groups is 1. The topological polar surface area (TPSA) is 99.1 Å². The maximum Gasteiger partial charge on any atom is 0.283 e. The van der Waals surface area contributed by atoms with Gasteiger partial charge in [-0.3, -0.25) is 15.0 Å². The maximum absolute atomic E-state index is 12.5. The van der Waals surface area contributed by atoms with E-state index in [9.17, 15) is 9.59 Å². The summed E-state index contributed by atoms with van der Waals surface area (Å²) >= 11 is 1.23. The van der Waals surface area contributed by atoms with Gasteiger partial charge in [0.15, 0.2) is 11.3 Å². The molecule has 2 aromatic rings. The fraction of sp³-hybridized carbons (Fsp3) is 0.0625. The Morgan fingerprint density at radius 2 is 2.08 bits per heavy atom. The first kappa shape index (κ1) is 14.6. The van der Waals surface area contributed by atoms with Crippen LogP contribution in [0.15, 0.2) is 55.4 Å². The van der Waals surface area contributed by atoms with Gasteiger partial charge in [0.25, 0.3) is 5.91 Å². The maximum atomic E-state index is 12.5. The lowest BCUT2D eigenvalue weighted by molar-refractivity contribution is -0.114. The molecule has 118 valence electrons. The molecule has 1 aromatic heterocycles. The third kappa shape index (κ3) is 2.19. The molecule has 0 saturated carbocycles. The number of aliphatic imine (C=N–C) groups is 1. The van der Waals surface area contributed by atoms with Crippen molar-refractivity contribution in [2.24, 2.45) is 10.1 Å². The van der Waals surface area contributed by atoms with Gasteiger partial charge >= 0.3 is 0 Å². The molecule has 8 heteroatoms. The summed E-state index contributed by atoms with van der Waals surface area (Å²) in [6.07, 6.45) is 2.61. The lowest BCUT2D eigenvalue weighted by Gasteiger charge is -2.20. The molecule has 0 atom stereocenters. The average Bonchev–Trinajstić information content (AvgIpc) is 2.94. The van der Waals surface area contributed by atoms with Crippen molar-refractivity contribution in [2.75, 3.05) is 0 Å². The molecule has 0 radical (unpaired) electrons. The van der Waals surface area contributed by atoms with E-state index in [0.717, 1.165) is 0 Å². The highest BCUT2D eigenvalue weighted by molar-refractivity contribution is 8.26. The van der Waals surface area contributed by atoms with E-state index in [0.29, 0.717) is 21.2 Å². The van der Waals surface area contributed by atoms with E-state index in [-0.39, 0.29) is 22.4 Å². The summed E-state index contributed by atoms with van der Waals surface area (Å²) in [5.74, 6) is -0.682. The molecular weight excluding hydrogens is 328 g/mol. The van der Waals surface area contributed by atoms with E-state index >= 15 is 0 Å². The zero-order chi connectivity index (χ0) is 16.8. The number of fused-ring (bicyclic) bond motifs is 2. The molecule has 0 spiro atoms. The number of rotatable bonds is 1. The Bertz CT molecular complexity index is 1060. The Kier molecular flexibility index (Phi) is 3.20. The summed E-state index contributed by atoms with van der Waals surface area (Å²) in [6.45, 7) is 1.77. The molecule has 24 heavy (non-hydrogen) atoms. The predicted octanol–water partition coefficient (Wildman–Crippen LogP) is 2.43. The molecule has 1 N–H and O–H groups in total. The van der Waals surface area contributed by atoms with Crippen LogP contribution in [-0.2, 0) is 4.79 Å². The highest BCUT2D eigenvalue weighted by Gasteiger charge is 2.34. The van der Waals surface area contributed by atoms with Crippen LogP contribution >= 0.6 is 11.8 Å². The number of amidine groups is 2. The van der Waals surface area contributed by atoms with Gasteiger partial charge in [0, 0.05) is 0 Å². The molecule has 2 aliphatic rings. The van der Waals surface area contributed by atoms with Crippen LogP contribution in [0.3, 0.4) is 0 Å². The standard InChI is InChI=1S/C16H10N4O3S/c1-8-19-20-14(17)11(15(22)18-16(20)24-8)6-9-7-23-12-5-3-2-4-10(12)13(9)21/h2-7,17H,1H3/b11-6+,17-14?. The minimum absolute atomic E-state index is 0.000353. The quantitative estimate of drug-likeness (QED) is 0.805. The van der Waals surface area contributed by atoms with Gasteiger partial charge in [-0.1, -0.05) is 12.1 Å². The summed E-state index contributed by atoms with van der Waals surface area (Å²) in [5.41, 5.74) is 0.384. The summed E-state index contributed by atoms with van der Waals surface area (Å²) < 4.78 is 5.43. The monoisotopic (exact) mass is 338 g/mol. The van der Waals surface area contributed by atoms with Crippen LogP contribution < -0.4 is 5.43 Å². The van der Waals surface area contributed by atoms with Crippen molar-refractivity contribution in [3.8, 4) is 0 Å². The van der Waals surface area contributed by atoms with Crippen molar-refractivity contribution in [1.29, 1.82) is 5.41 Å². The average molecular weight is 338 g/mol. The Balaban J connectivity index is 1.84. The number of benzene rings is 1. The third-order valence-corrected chi connectivity index (χ3v) is 4.39. The lowest BCUT2D eigenvalue weighted by atomic mass is 10.1. The number of hydrazone groups is 1. The van der Waals surface area contributed by atoms with Crippen LogP contribution in [-0.4, -0.2) is 27.0 Å². The smallest absolute Gasteiger partial charge is 0.283 e. The van der Waals surface area contributed by atoms with Crippen LogP contribution in [0.5, 0.6) is 0 Å². The van der Waals surface area contributed by atoms with Gasteiger partial charge in [-0.05, 0) is 36.9 Å². The molecule has 1 amide bonds. The number of amides is 1. The molecule has 1 aromatic carbocycles. The van der Waals surface area contributed by atoms with Crippen molar-refractivity contribution >= 4 is 50.8 Å².